The van der Waals surface area contributed by atoms with Gasteiger partial charge in [0.1, 0.15) is 0 Å². The highest BCUT2D eigenvalue weighted by molar-refractivity contribution is 9.09. The van der Waals surface area contributed by atoms with Gasteiger partial charge in [-0.25, -0.2) is 0 Å². The molecule has 0 aromatic carbocycles. The van der Waals surface area contributed by atoms with Crippen LogP contribution in [0.3, 0.4) is 0 Å². The first kappa shape index (κ1) is 9.88. The predicted octanol–water partition coefficient (Wildman–Crippen LogP) is 1.15. The molecule has 0 amide bonds. The second kappa shape index (κ2) is 5.73. The van der Waals surface area contributed by atoms with Gasteiger partial charge in [-0.3, -0.25) is 0 Å². The van der Waals surface area contributed by atoms with Crippen LogP contribution >= 0.6 is 28.3 Å². The van der Waals surface area contributed by atoms with Crippen LogP contribution in [0.1, 0.15) is 6.92 Å². The molecule has 0 fully saturated rings. The molecule has 0 radical (unpaired) electrons. The van der Waals surface area contributed by atoms with Crippen LogP contribution in [0, 0.1) is 0 Å². The molecule has 0 aliphatic carbocycles. The Balaban J connectivity index is 0. The predicted molar refractivity (Wildman–Crippen MR) is 34.7 cm³/mol. The molecule has 1 nitrogen and oxygen atoms in total. The molecule has 0 aromatic heterocycles. The summed E-state index contributed by atoms with van der Waals surface area (Å²) < 4.78 is 0. The Kier molecular flexibility index (Phi) is 9.43. The normalized spacial score (nSPS) is 12.5. The van der Waals surface area contributed by atoms with Crippen LogP contribution in [0.5, 0.6) is 0 Å². The SMILES string of the molecule is CC(Br)CN.Cl. The van der Waals surface area contributed by atoms with E-state index in [1.165, 1.54) is 0 Å². The zero-order valence-electron chi connectivity index (χ0n) is 3.65. The van der Waals surface area contributed by atoms with E-state index in [4.69, 9.17) is 5.73 Å². The summed E-state index contributed by atoms with van der Waals surface area (Å²) >= 11 is 3.25. The monoisotopic (exact) mass is 173 g/mol. The molecule has 40 valence electrons. The van der Waals surface area contributed by atoms with Gasteiger partial charge in [-0.1, -0.05) is 22.9 Å². The third-order valence-electron chi connectivity index (χ3n) is 0.325. The molecule has 0 aliphatic heterocycles. The lowest BCUT2D eigenvalue weighted by Gasteiger charge is -1.88. The third-order valence-corrected chi connectivity index (χ3v) is 0.699. The van der Waals surface area contributed by atoms with Crippen molar-refractivity contribution in [1.82, 2.24) is 0 Å². The van der Waals surface area contributed by atoms with E-state index in [9.17, 15) is 0 Å². The fourth-order valence-corrected chi connectivity index (χ4v) is 0. The summed E-state index contributed by atoms with van der Waals surface area (Å²) in [5.41, 5.74) is 5.12. The number of rotatable bonds is 1. The fourth-order valence-electron chi connectivity index (χ4n) is 0. The number of halogens is 2. The van der Waals surface area contributed by atoms with Gasteiger partial charge in [-0.2, -0.15) is 0 Å². The molecule has 0 saturated carbocycles. The Labute approximate surface area is 52.8 Å². The van der Waals surface area contributed by atoms with Gasteiger partial charge in [0.2, 0.25) is 0 Å². The molecule has 0 heterocycles. The van der Waals surface area contributed by atoms with E-state index in [1.54, 1.807) is 0 Å². The minimum atomic E-state index is 0. The largest absolute Gasteiger partial charge is 0.329 e. The highest BCUT2D eigenvalue weighted by atomic mass is 79.9. The minimum absolute atomic E-state index is 0. The topological polar surface area (TPSA) is 26.0 Å². The average Bonchev–Trinajstić information content (AvgIpc) is 1.38. The molecule has 0 rings (SSSR count). The molecule has 6 heavy (non-hydrogen) atoms. The van der Waals surface area contributed by atoms with Crippen LogP contribution in [0.15, 0.2) is 0 Å². The summed E-state index contributed by atoms with van der Waals surface area (Å²) in [5, 5.41) is 0. The Morgan fingerprint density at radius 1 is 1.83 bits per heavy atom. The molecule has 0 spiro atoms. The fraction of sp³-hybridized carbons (Fsp3) is 1.00. The van der Waals surface area contributed by atoms with Crippen LogP contribution in [0.2, 0.25) is 0 Å². The van der Waals surface area contributed by atoms with E-state index in [1.807, 2.05) is 6.92 Å². The van der Waals surface area contributed by atoms with E-state index >= 15 is 0 Å². The van der Waals surface area contributed by atoms with Gasteiger partial charge in [0.05, 0.1) is 0 Å². The standard InChI is InChI=1S/C3H8BrN.ClH/c1-3(4)2-5;/h3H,2,5H2,1H3;1H. The Hall–Kier alpha value is 0.730. The summed E-state index contributed by atoms with van der Waals surface area (Å²) in [7, 11) is 0. The lowest BCUT2D eigenvalue weighted by Crippen LogP contribution is -2.08. The van der Waals surface area contributed by atoms with Crippen molar-refractivity contribution in [2.45, 2.75) is 11.8 Å². The summed E-state index contributed by atoms with van der Waals surface area (Å²) in [4.78, 5) is 0.475. The van der Waals surface area contributed by atoms with Crippen LogP contribution in [-0.4, -0.2) is 11.4 Å². The van der Waals surface area contributed by atoms with E-state index in [0.717, 1.165) is 6.54 Å². The van der Waals surface area contributed by atoms with Crippen molar-refractivity contribution in [1.29, 1.82) is 0 Å². The molecular formula is C3H9BrClN. The number of hydrogen-bond donors (Lipinski definition) is 1. The number of nitrogens with two attached hydrogens (primary N) is 1. The quantitative estimate of drug-likeness (QED) is 0.593. The zero-order valence-corrected chi connectivity index (χ0v) is 6.05. The summed E-state index contributed by atoms with van der Waals surface area (Å²) in [6.45, 7) is 2.74. The lowest BCUT2D eigenvalue weighted by molar-refractivity contribution is 0.968. The van der Waals surface area contributed by atoms with E-state index in [2.05, 4.69) is 15.9 Å². The number of hydrogen-bond acceptors (Lipinski definition) is 1. The molecule has 1 unspecified atom stereocenters. The summed E-state index contributed by atoms with van der Waals surface area (Å²) in [6, 6.07) is 0. The number of alkyl halides is 1. The van der Waals surface area contributed by atoms with Gasteiger partial charge < -0.3 is 5.73 Å². The molecule has 0 aromatic rings. The maximum absolute atomic E-state index is 5.12. The molecule has 0 saturated heterocycles. The smallest absolute Gasteiger partial charge is 0.0240 e. The molecule has 1 atom stereocenters. The Morgan fingerprint density at radius 2 is 2.00 bits per heavy atom. The first-order chi connectivity index (χ1) is 2.27. The van der Waals surface area contributed by atoms with Crippen molar-refractivity contribution in [3.63, 3.8) is 0 Å². The van der Waals surface area contributed by atoms with E-state index < -0.39 is 0 Å². The molecule has 3 heteroatoms. The van der Waals surface area contributed by atoms with Crippen molar-refractivity contribution < 1.29 is 0 Å². The van der Waals surface area contributed by atoms with Crippen LogP contribution in [0.4, 0.5) is 0 Å². The highest BCUT2D eigenvalue weighted by Crippen LogP contribution is 1.89. The van der Waals surface area contributed by atoms with E-state index in [-0.39, 0.29) is 12.4 Å². The first-order valence-electron chi connectivity index (χ1n) is 1.61. The van der Waals surface area contributed by atoms with Crippen molar-refractivity contribution in [3.8, 4) is 0 Å². The van der Waals surface area contributed by atoms with Crippen molar-refractivity contribution in [3.05, 3.63) is 0 Å². The molecule has 0 aliphatic rings. The van der Waals surface area contributed by atoms with Crippen LogP contribution < -0.4 is 5.73 Å². The zero-order chi connectivity index (χ0) is 4.28. The second-order valence-corrected chi connectivity index (χ2v) is 2.58. The molecule has 2 N–H and O–H groups in total. The molecule has 0 bridgehead atoms. The van der Waals surface area contributed by atoms with Gasteiger partial charge in [0.15, 0.2) is 0 Å². The highest BCUT2D eigenvalue weighted by Gasteiger charge is 1.82. The van der Waals surface area contributed by atoms with E-state index in [0.29, 0.717) is 4.83 Å². The maximum atomic E-state index is 5.12. The minimum Gasteiger partial charge on any atom is -0.329 e. The van der Waals surface area contributed by atoms with Crippen LogP contribution in [-0.2, 0) is 0 Å². The van der Waals surface area contributed by atoms with Crippen LogP contribution in [0.25, 0.3) is 0 Å². The van der Waals surface area contributed by atoms with Gasteiger partial charge >= 0.3 is 0 Å². The second-order valence-electron chi connectivity index (χ2n) is 1.02. The Morgan fingerprint density at radius 3 is 2.00 bits per heavy atom. The van der Waals surface area contributed by atoms with Gasteiger partial charge in [-0.15, -0.1) is 12.4 Å². The van der Waals surface area contributed by atoms with Crippen molar-refractivity contribution in [2.75, 3.05) is 6.54 Å². The van der Waals surface area contributed by atoms with Gasteiger partial charge in [0.25, 0.3) is 0 Å². The van der Waals surface area contributed by atoms with Crippen molar-refractivity contribution >= 4 is 28.3 Å². The summed E-state index contributed by atoms with van der Waals surface area (Å²) in [6.07, 6.45) is 0. The van der Waals surface area contributed by atoms with Gasteiger partial charge in [-0.05, 0) is 0 Å². The third kappa shape index (κ3) is 8.83. The maximum Gasteiger partial charge on any atom is 0.0240 e. The van der Waals surface area contributed by atoms with Gasteiger partial charge in [0, 0.05) is 11.4 Å². The average molecular weight is 174 g/mol. The summed E-state index contributed by atoms with van der Waals surface area (Å²) in [5.74, 6) is 0. The Bertz CT molecular complexity index is 24.8. The first-order valence-corrected chi connectivity index (χ1v) is 2.53. The lowest BCUT2D eigenvalue weighted by atomic mass is 10.5. The van der Waals surface area contributed by atoms with Crippen molar-refractivity contribution in [2.24, 2.45) is 5.73 Å². The molecular weight excluding hydrogens is 165 g/mol.